The Hall–Kier alpha value is -3.61. The number of benzene rings is 2. The molecule has 0 aliphatic carbocycles. The van der Waals surface area contributed by atoms with Gasteiger partial charge in [-0.05, 0) is 61.9 Å². The number of carbonyl (C=O) groups is 1. The maximum absolute atomic E-state index is 12.5. The molecule has 0 aromatic heterocycles. The third-order valence-corrected chi connectivity index (χ3v) is 4.01. The van der Waals surface area contributed by atoms with Crippen molar-refractivity contribution in [3.63, 3.8) is 0 Å². The molecule has 0 spiro atoms. The Bertz CT molecular complexity index is 1000. The molecular formula is C23H21ClN2O4. The molecular weight excluding hydrogens is 404 g/mol. The molecule has 2 rings (SSSR count). The van der Waals surface area contributed by atoms with Gasteiger partial charge in [0.15, 0.2) is 11.5 Å². The molecule has 154 valence electrons. The lowest BCUT2D eigenvalue weighted by Gasteiger charge is -2.13. The van der Waals surface area contributed by atoms with Crippen LogP contribution in [0.3, 0.4) is 0 Å². The van der Waals surface area contributed by atoms with Crippen molar-refractivity contribution >= 4 is 29.3 Å². The predicted molar refractivity (Wildman–Crippen MR) is 117 cm³/mol. The first-order valence-electron chi connectivity index (χ1n) is 9.20. The molecule has 7 heteroatoms. The number of carbonyl (C=O) groups excluding carboxylic acids is 1. The van der Waals surface area contributed by atoms with Crippen LogP contribution in [-0.4, -0.2) is 25.7 Å². The van der Waals surface area contributed by atoms with Gasteiger partial charge in [-0.1, -0.05) is 17.5 Å². The van der Waals surface area contributed by atoms with E-state index in [1.54, 1.807) is 36.4 Å². The second kappa shape index (κ2) is 11.4. The molecule has 30 heavy (non-hydrogen) atoms. The summed E-state index contributed by atoms with van der Waals surface area (Å²) in [7, 11) is 0. The molecule has 1 amide bonds. The molecule has 0 aliphatic heterocycles. The highest BCUT2D eigenvalue weighted by Crippen LogP contribution is 2.37. The van der Waals surface area contributed by atoms with Gasteiger partial charge >= 0.3 is 0 Å². The lowest BCUT2D eigenvalue weighted by atomic mass is 10.1. The molecule has 1 N–H and O–H groups in total. The molecule has 0 bridgehead atoms. The van der Waals surface area contributed by atoms with Crippen LogP contribution >= 0.6 is 11.6 Å². The number of hydrogen-bond acceptors (Lipinski definition) is 5. The zero-order valence-corrected chi connectivity index (χ0v) is 17.5. The van der Waals surface area contributed by atoms with Crippen molar-refractivity contribution in [3.05, 3.63) is 52.6 Å². The summed E-state index contributed by atoms with van der Waals surface area (Å²) >= 11 is 6.28. The summed E-state index contributed by atoms with van der Waals surface area (Å²) in [5, 5.41) is 12.4. The molecule has 0 radical (unpaired) electrons. The smallest absolute Gasteiger partial charge is 0.266 e. The van der Waals surface area contributed by atoms with Crippen molar-refractivity contribution in [2.75, 3.05) is 25.1 Å². The fraction of sp³-hybridized carbons (Fsp3) is 0.217. The first-order chi connectivity index (χ1) is 14.5. The number of halogens is 1. The summed E-state index contributed by atoms with van der Waals surface area (Å²) in [6.07, 6.45) is 6.65. The van der Waals surface area contributed by atoms with Crippen LogP contribution in [-0.2, 0) is 4.79 Å². The summed E-state index contributed by atoms with van der Waals surface area (Å²) in [5.74, 6) is 3.19. The Labute approximate surface area is 181 Å². The third-order valence-electron chi connectivity index (χ3n) is 3.73. The number of nitrogens with one attached hydrogen (secondary N) is 1. The second-order valence-corrected chi connectivity index (χ2v) is 6.24. The van der Waals surface area contributed by atoms with Gasteiger partial charge in [0.25, 0.3) is 5.91 Å². The largest absolute Gasteiger partial charge is 0.494 e. The molecule has 0 fully saturated rings. The number of hydrogen-bond donors (Lipinski definition) is 1. The topological polar surface area (TPSA) is 80.6 Å². The van der Waals surface area contributed by atoms with Gasteiger partial charge in [-0.2, -0.15) is 5.26 Å². The van der Waals surface area contributed by atoms with Gasteiger partial charge in [-0.15, -0.1) is 6.42 Å². The lowest BCUT2D eigenvalue weighted by molar-refractivity contribution is -0.112. The van der Waals surface area contributed by atoms with Crippen LogP contribution in [0.5, 0.6) is 17.2 Å². The van der Waals surface area contributed by atoms with Gasteiger partial charge in [0, 0.05) is 5.69 Å². The summed E-state index contributed by atoms with van der Waals surface area (Å²) in [6, 6.07) is 12.0. The fourth-order valence-corrected chi connectivity index (χ4v) is 2.78. The number of rotatable bonds is 9. The van der Waals surface area contributed by atoms with Gasteiger partial charge in [-0.3, -0.25) is 4.79 Å². The summed E-state index contributed by atoms with van der Waals surface area (Å²) in [5.41, 5.74) is 0.949. The van der Waals surface area contributed by atoms with E-state index in [-0.39, 0.29) is 17.2 Å². The summed E-state index contributed by atoms with van der Waals surface area (Å²) in [4.78, 5) is 12.5. The monoisotopic (exact) mass is 424 g/mol. The Morgan fingerprint density at radius 1 is 1.17 bits per heavy atom. The third kappa shape index (κ3) is 6.20. The van der Waals surface area contributed by atoms with E-state index in [9.17, 15) is 10.1 Å². The normalized spacial score (nSPS) is 10.5. The van der Waals surface area contributed by atoms with Crippen LogP contribution in [0.15, 0.2) is 42.0 Å². The predicted octanol–water partition coefficient (Wildman–Crippen LogP) is 4.70. The maximum atomic E-state index is 12.5. The zero-order valence-electron chi connectivity index (χ0n) is 16.7. The maximum Gasteiger partial charge on any atom is 0.266 e. The molecule has 0 saturated carbocycles. The first kappa shape index (κ1) is 22.7. The molecule has 0 aliphatic rings. The molecule has 0 heterocycles. The second-order valence-electron chi connectivity index (χ2n) is 5.84. The standard InChI is InChI=1S/C23H21ClN2O4/c1-4-11-30-22-20(24)13-16(14-21(22)29-6-3)12-17(15-25)23(27)26-18-7-9-19(10-8-18)28-5-2/h1,7-10,12-14H,5-6,11H2,2-3H3,(H,26,27)/b17-12+. The van der Waals surface area contributed by atoms with E-state index in [2.05, 4.69) is 11.2 Å². The van der Waals surface area contributed by atoms with Gasteiger partial charge < -0.3 is 19.5 Å². The minimum atomic E-state index is -0.552. The van der Waals surface area contributed by atoms with E-state index in [0.717, 1.165) is 0 Å². The van der Waals surface area contributed by atoms with E-state index < -0.39 is 5.91 Å². The highest BCUT2D eigenvalue weighted by molar-refractivity contribution is 6.32. The van der Waals surface area contributed by atoms with Gasteiger partial charge in [-0.25, -0.2) is 0 Å². The van der Waals surface area contributed by atoms with Gasteiger partial charge in [0.1, 0.15) is 24.0 Å². The molecule has 2 aromatic carbocycles. The minimum Gasteiger partial charge on any atom is -0.494 e. The van der Waals surface area contributed by atoms with Crippen LogP contribution in [0.4, 0.5) is 5.69 Å². The van der Waals surface area contributed by atoms with E-state index in [4.69, 9.17) is 32.2 Å². The van der Waals surface area contributed by atoms with Crippen molar-refractivity contribution in [1.29, 1.82) is 5.26 Å². The number of terminal acetylenes is 1. The van der Waals surface area contributed by atoms with Crippen LogP contribution in [0.25, 0.3) is 6.08 Å². The van der Waals surface area contributed by atoms with E-state index in [1.807, 2.05) is 19.9 Å². The SMILES string of the molecule is C#CCOc1c(Cl)cc(/C=C(\C#N)C(=O)Nc2ccc(OCC)cc2)cc1OCC. The highest BCUT2D eigenvalue weighted by atomic mass is 35.5. The molecule has 0 atom stereocenters. The Morgan fingerprint density at radius 3 is 2.47 bits per heavy atom. The Kier molecular flexibility index (Phi) is 8.62. The average Bonchev–Trinajstić information content (AvgIpc) is 2.73. The van der Waals surface area contributed by atoms with Crippen molar-refractivity contribution < 1.29 is 19.0 Å². The number of nitrogens with zero attached hydrogens (tertiary/aromatic N) is 1. The number of ether oxygens (including phenoxy) is 3. The highest BCUT2D eigenvalue weighted by Gasteiger charge is 2.14. The van der Waals surface area contributed by atoms with Crippen molar-refractivity contribution in [1.82, 2.24) is 0 Å². The summed E-state index contributed by atoms with van der Waals surface area (Å²) in [6.45, 7) is 4.65. The van der Waals surface area contributed by atoms with E-state index >= 15 is 0 Å². The number of amides is 1. The lowest BCUT2D eigenvalue weighted by Crippen LogP contribution is -2.13. The van der Waals surface area contributed by atoms with E-state index in [0.29, 0.717) is 41.7 Å². The molecule has 0 unspecified atom stereocenters. The number of nitriles is 1. The molecule has 2 aromatic rings. The Balaban J connectivity index is 2.26. The van der Waals surface area contributed by atoms with Crippen LogP contribution in [0.2, 0.25) is 5.02 Å². The van der Waals surface area contributed by atoms with Crippen molar-refractivity contribution in [3.8, 4) is 35.7 Å². The number of anilines is 1. The van der Waals surface area contributed by atoms with Crippen molar-refractivity contribution in [2.24, 2.45) is 0 Å². The average molecular weight is 425 g/mol. The van der Waals surface area contributed by atoms with E-state index in [1.165, 1.54) is 6.08 Å². The van der Waals surface area contributed by atoms with Crippen LogP contribution in [0, 0.1) is 23.7 Å². The van der Waals surface area contributed by atoms with Crippen molar-refractivity contribution in [2.45, 2.75) is 13.8 Å². The zero-order chi connectivity index (χ0) is 21.9. The van der Waals surface area contributed by atoms with Crippen LogP contribution in [0.1, 0.15) is 19.4 Å². The molecule has 0 saturated heterocycles. The van der Waals surface area contributed by atoms with Gasteiger partial charge in [0.05, 0.1) is 18.2 Å². The quantitative estimate of drug-likeness (QED) is 0.358. The first-order valence-corrected chi connectivity index (χ1v) is 9.58. The van der Waals surface area contributed by atoms with Crippen LogP contribution < -0.4 is 19.5 Å². The minimum absolute atomic E-state index is 0.0307. The fourth-order valence-electron chi connectivity index (χ4n) is 2.50. The molecule has 6 nitrogen and oxygen atoms in total. The summed E-state index contributed by atoms with van der Waals surface area (Å²) < 4.78 is 16.4. The van der Waals surface area contributed by atoms with Gasteiger partial charge in [0.2, 0.25) is 0 Å². The Morgan fingerprint density at radius 2 is 1.87 bits per heavy atom.